The van der Waals surface area contributed by atoms with E-state index in [1.807, 2.05) is 0 Å². The number of methoxy groups -OCH3 is 2. The average molecular weight is 210 g/mol. The van der Waals surface area contributed by atoms with E-state index in [2.05, 4.69) is 5.43 Å². The van der Waals surface area contributed by atoms with Crippen molar-refractivity contribution in [3.63, 3.8) is 0 Å². The van der Waals surface area contributed by atoms with E-state index in [0.717, 1.165) is 0 Å². The Morgan fingerprint density at radius 2 is 1.93 bits per heavy atom. The van der Waals surface area contributed by atoms with Crippen LogP contribution in [0.2, 0.25) is 0 Å². The smallest absolute Gasteiger partial charge is 0.265 e. The number of hydrogen-bond acceptors (Lipinski definition) is 4. The summed E-state index contributed by atoms with van der Waals surface area (Å²) in [5.41, 5.74) is 3.16. The van der Waals surface area contributed by atoms with Gasteiger partial charge in [0.1, 0.15) is 0 Å². The minimum absolute atomic E-state index is 0.371. The summed E-state index contributed by atoms with van der Waals surface area (Å²) < 4.78 is 10.2. The molecule has 0 atom stereocenters. The first-order chi connectivity index (χ1) is 7.24. The Hall–Kier alpha value is -1.43. The average Bonchev–Trinajstić information content (AvgIpc) is 2.30. The highest BCUT2D eigenvalue weighted by atomic mass is 16.7. The predicted molar refractivity (Wildman–Crippen MR) is 54.9 cm³/mol. The van der Waals surface area contributed by atoms with Crippen molar-refractivity contribution in [3.8, 4) is 0 Å². The fourth-order valence-corrected chi connectivity index (χ4v) is 1.34. The Balaban J connectivity index is 3.10. The van der Waals surface area contributed by atoms with E-state index in [1.54, 1.807) is 24.3 Å². The van der Waals surface area contributed by atoms with Crippen LogP contribution in [-0.4, -0.2) is 20.1 Å². The third kappa shape index (κ3) is 2.53. The number of hydrazine groups is 1. The van der Waals surface area contributed by atoms with Crippen LogP contribution in [0, 0.1) is 0 Å². The van der Waals surface area contributed by atoms with Gasteiger partial charge in [0.15, 0.2) is 6.29 Å². The maximum absolute atomic E-state index is 11.4. The van der Waals surface area contributed by atoms with Gasteiger partial charge in [0.2, 0.25) is 0 Å². The van der Waals surface area contributed by atoms with Gasteiger partial charge in [0.05, 0.1) is 0 Å². The molecule has 0 aliphatic heterocycles. The molecule has 0 unspecified atom stereocenters. The molecule has 0 spiro atoms. The highest BCUT2D eigenvalue weighted by Gasteiger charge is 2.17. The minimum atomic E-state index is -0.571. The Kier molecular flexibility index (Phi) is 4.23. The first-order valence-electron chi connectivity index (χ1n) is 4.40. The van der Waals surface area contributed by atoms with Gasteiger partial charge in [-0.15, -0.1) is 0 Å². The first kappa shape index (κ1) is 11.6. The molecule has 82 valence electrons. The van der Waals surface area contributed by atoms with Crippen LogP contribution in [0.1, 0.15) is 22.2 Å². The van der Waals surface area contributed by atoms with E-state index in [4.69, 9.17) is 15.3 Å². The van der Waals surface area contributed by atoms with E-state index in [9.17, 15) is 4.79 Å². The number of hydrogen-bond donors (Lipinski definition) is 2. The topological polar surface area (TPSA) is 73.6 Å². The molecule has 15 heavy (non-hydrogen) atoms. The van der Waals surface area contributed by atoms with Crippen LogP contribution < -0.4 is 11.3 Å². The SMILES string of the molecule is COC(OC)c1ccccc1C(=O)NN. The molecule has 1 aromatic rings. The van der Waals surface area contributed by atoms with Crippen LogP contribution in [0.4, 0.5) is 0 Å². The van der Waals surface area contributed by atoms with E-state index in [1.165, 1.54) is 14.2 Å². The van der Waals surface area contributed by atoms with Gasteiger partial charge in [0.25, 0.3) is 5.91 Å². The summed E-state index contributed by atoms with van der Waals surface area (Å²) in [7, 11) is 3.01. The molecule has 0 aromatic heterocycles. The second kappa shape index (κ2) is 5.45. The van der Waals surface area contributed by atoms with Gasteiger partial charge in [-0.25, -0.2) is 5.84 Å². The molecule has 0 radical (unpaired) electrons. The Morgan fingerprint density at radius 3 is 2.47 bits per heavy atom. The lowest BCUT2D eigenvalue weighted by atomic mass is 10.1. The lowest BCUT2D eigenvalue weighted by molar-refractivity contribution is -0.106. The molecular weight excluding hydrogens is 196 g/mol. The summed E-state index contributed by atoms with van der Waals surface area (Å²) in [5, 5.41) is 0. The first-order valence-corrected chi connectivity index (χ1v) is 4.40. The van der Waals surface area contributed by atoms with Crippen molar-refractivity contribution < 1.29 is 14.3 Å². The zero-order valence-corrected chi connectivity index (χ0v) is 8.69. The van der Waals surface area contributed by atoms with Gasteiger partial charge in [-0.05, 0) is 6.07 Å². The van der Waals surface area contributed by atoms with Crippen LogP contribution >= 0.6 is 0 Å². The third-order valence-electron chi connectivity index (χ3n) is 2.02. The summed E-state index contributed by atoms with van der Waals surface area (Å²) in [6.07, 6.45) is -0.571. The van der Waals surface area contributed by atoms with Crippen LogP contribution in [0.15, 0.2) is 24.3 Å². The molecule has 5 nitrogen and oxygen atoms in total. The summed E-state index contributed by atoms with van der Waals surface area (Å²) in [6.45, 7) is 0. The van der Waals surface area contributed by atoms with E-state index >= 15 is 0 Å². The maximum atomic E-state index is 11.4. The number of amides is 1. The monoisotopic (exact) mass is 210 g/mol. The molecule has 0 aliphatic carbocycles. The summed E-state index contributed by atoms with van der Waals surface area (Å²) in [4.78, 5) is 11.4. The fraction of sp³-hybridized carbons (Fsp3) is 0.300. The van der Waals surface area contributed by atoms with Gasteiger partial charge < -0.3 is 9.47 Å². The van der Waals surface area contributed by atoms with E-state index in [-0.39, 0.29) is 5.91 Å². The number of ether oxygens (including phenoxy) is 2. The number of nitrogen functional groups attached to an aromatic ring is 1. The Morgan fingerprint density at radius 1 is 1.33 bits per heavy atom. The zero-order valence-electron chi connectivity index (χ0n) is 8.69. The highest BCUT2D eigenvalue weighted by Crippen LogP contribution is 2.21. The van der Waals surface area contributed by atoms with Crippen LogP contribution in [0.3, 0.4) is 0 Å². The van der Waals surface area contributed by atoms with Crippen molar-refractivity contribution in [2.45, 2.75) is 6.29 Å². The summed E-state index contributed by atoms with van der Waals surface area (Å²) >= 11 is 0. The summed E-state index contributed by atoms with van der Waals surface area (Å²) in [6, 6.07) is 6.95. The number of carbonyl (C=O) groups is 1. The van der Waals surface area contributed by atoms with Crippen molar-refractivity contribution >= 4 is 5.91 Å². The van der Waals surface area contributed by atoms with Gasteiger partial charge in [0, 0.05) is 25.3 Å². The maximum Gasteiger partial charge on any atom is 0.265 e. The van der Waals surface area contributed by atoms with Gasteiger partial charge in [-0.1, -0.05) is 18.2 Å². The Bertz CT molecular complexity index is 337. The molecule has 0 saturated heterocycles. The molecule has 0 saturated carbocycles. The second-order valence-corrected chi connectivity index (χ2v) is 2.86. The number of carbonyl (C=O) groups excluding carboxylic acids is 1. The van der Waals surface area contributed by atoms with E-state index in [0.29, 0.717) is 11.1 Å². The molecule has 0 fully saturated rings. The highest BCUT2D eigenvalue weighted by molar-refractivity contribution is 5.95. The molecule has 1 rings (SSSR count). The lowest BCUT2D eigenvalue weighted by Crippen LogP contribution is -2.31. The standard InChI is InChI=1S/C10H14N2O3/c1-14-10(15-2)8-6-4-3-5-7(8)9(13)12-11/h3-6,10H,11H2,1-2H3,(H,12,13). The molecule has 5 heteroatoms. The second-order valence-electron chi connectivity index (χ2n) is 2.86. The quantitative estimate of drug-likeness (QED) is 0.330. The van der Waals surface area contributed by atoms with Crippen molar-refractivity contribution in [1.82, 2.24) is 5.43 Å². The van der Waals surface area contributed by atoms with Crippen LogP contribution in [-0.2, 0) is 9.47 Å². The molecule has 1 aromatic carbocycles. The largest absolute Gasteiger partial charge is 0.352 e. The fourth-order valence-electron chi connectivity index (χ4n) is 1.34. The number of nitrogens with one attached hydrogen (secondary N) is 1. The van der Waals surface area contributed by atoms with Crippen LogP contribution in [0.25, 0.3) is 0 Å². The normalized spacial score (nSPS) is 10.4. The lowest BCUT2D eigenvalue weighted by Gasteiger charge is -2.16. The van der Waals surface area contributed by atoms with Crippen molar-refractivity contribution in [1.29, 1.82) is 0 Å². The van der Waals surface area contributed by atoms with Crippen LogP contribution in [0.5, 0.6) is 0 Å². The number of benzene rings is 1. The van der Waals surface area contributed by atoms with Crippen molar-refractivity contribution in [2.75, 3.05) is 14.2 Å². The molecule has 3 N–H and O–H groups in total. The van der Waals surface area contributed by atoms with Crippen molar-refractivity contribution in [3.05, 3.63) is 35.4 Å². The molecule has 1 amide bonds. The van der Waals surface area contributed by atoms with Gasteiger partial charge in [-0.2, -0.15) is 0 Å². The molecule has 0 bridgehead atoms. The number of rotatable bonds is 4. The minimum Gasteiger partial charge on any atom is -0.352 e. The zero-order chi connectivity index (χ0) is 11.3. The van der Waals surface area contributed by atoms with Gasteiger partial charge in [-0.3, -0.25) is 10.2 Å². The number of nitrogens with two attached hydrogens (primary N) is 1. The molecular formula is C10H14N2O3. The van der Waals surface area contributed by atoms with Gasteiger partial charge >= 0.3 is 0 Å². The molecule has 0 heterocycles. The Labute approximate surface area is 88.1 Å². The predicted octanol–water partition coefficient (Wildman–Crippen LogP) is 0.582. The van der Waals surface area contributed by atoms with E-state index < -0.39 is 6.29 Å². The third-order valence-corrected chi connectivity index (χ3v) is 2.02. The summed E-state index contributed by atoms with van der Waals surface area (Å²) in [5.74, 6) is 4.70. The molecule has 0 aliphatic rings. The van der Waals surface area contributed by atoms with Crippen molar-refractivity contribution in [2.24, 2.45) is 5.84 Å².